The number of carbonyl (C=O) groups is 2. The summed E-state index contributed by atoms with van der Waals surface area (Å²) < 4.78 is 4.64. The van der Waals surface area contributed by atoms with E-state index in [9.17, 15) is 9.59 Å². The van der Waals surface area contributed by atoms with Gasteiger partial charge >= 0.3 is 5.97 Å². The molecular weight excluding hydrogens is 276 g/mol. The van der Waals surface area contributed by atoms with Crippen LogP contribution in [0.2, 0.25) is 0 Å². The van der Waals surface area contributed by atoms with Crippen molar-refractivity contribution >= 4 is 23.2 Å². The molecule has 6 heteroatoms. The summed E-state index contributed by atoms with van der Waals surface area (Å²) in [5.74, 6) is -0.508. The lowest BCUT2D eigenvalue weighted by Gasteiger charge is -2.11. The van der Waals surface area contributed by atoms with E-state index in [1.54, 1.807) is 11.3 Å². The first kappa shape index (κ1) is 15.0. The molecule has 0 bridgehead atoms. The highest BCUT2D eigenvalue weighted by Crippen LogP contribution is 2.40. The van der Waals surface area contributed by atoms with Gasteiger partial charge in [-0.05, 0) is 13.3 Å². The number of nitrogens with zero attached hydrogens (tertiary/aromatic N) is 1. The minimum absolute atomic E-state index is 0.0907. The number of nitrogens with one attached hydrogen (secondary N) is 1. The largest absolute Gasteiger partial charge is 0.469 e. The van der Waals surface area contributed by atoms with Gasteiger partial charge in [-0.15, -0.1) is 11.3 Å². The normalized spacial score (nSPS) is 22.4. The number of esters is 1. The second kappa shape index (κ2) is 5.91. The molecule has 1 amide bonds. The molecule has 2 rings (SSSR count). The molecular formula is C14H20N2O3S. The Kier molecular flexibility index (Phi) is 4.42. The van der Waals surface area contributed by atoms with Gasteiger partial charge in [-0.3, -0.25) is 9.59 Å². The van der Waals surface area contributed by atoms with Crippen LogP contribution in [0.5, 0.6) is 0 Å². The van der Waals surface area contributed by atoms with E-state index in [1.165, 1.54) is 7.11 Å². The number of thiazole rings is 1. The third-order valence-corrected chi connectivity index (χ3v) is 4.63. The molecule has 110 valence electrons. The number of hydrogen-bond acceptors (Lipinski definition) is 5. The van der Waals surface area contributed by atoms with Gasteiger partial charge in [0.25, 0.3) is 0 Å². The van der Waals surface area contributed by atoms with Crippen LogP contribution < -0.4 is 5.32 Å². The number of hydrogen-bond donors (Lipinski definition) is 1. The number of rotatable bonds is 5. The Morgan fingerprint density at radius 3 is 2.65 bits per heavy atom. The molecule has 0 spiro atoms. The fourth-order valence-corrected chi connectivity index (χ4v) is 2.98. The van der Waals surface area contributed by atoms with Crippen molar-refractivity contribution in [3.05, 3.63) is 16.1 Å². The smallest absolute Gasteiger partial charge is 0.309 e. The molecule has 0 aromatic carbocycles. The number of methoxy groups -OCH3 is 1. The van der Waals surface area contributed by atoms with Gasteiger partial charge in [0.2, 0.25) is 5.91 Å². The summed E-state index contributed by atoms with van der Waals surface area (Å²) in [7, 11) is 1.35. The lowest BCUT2D eigenvalue weighted by molar-refractivity contribution is -0.143. The average molecular weight is 296 g/mol. The number of carbonyl (C=O) groups excluding carboxylic acids is 2. The zero-order valence-corrected chi connectivity index (χ0v) is 13.0. The van der Waals surface area contributed by atoms with Gasteiger partial charge in [-0.1, -0.05) is 13.8 Å². The van der Waals surface area contributed by atoms with Crippen molar-refractivity contribution in [2.75, 3.05) is 7.11 Å². The van der Waals surface area contributed by atoms with Crippen molar-refractivity contribution in [1.29, 1.82) is 0 Å². The third-order valence-electron chi connectivity index (χ3n) is 3.47. The molecule has 1 heterocycles. The van der Waals surface area contributed by atoms with Crippen molar-refractivity contribution in [3.8, 4) is 0 Å². The van der Waals surface area contributed by atoms with Gasteiger partial charge in [0.05, 0.1) is 35.7 Å². The summed E-state index contributed by atoms with van der Waals surface area (Å²) in [4.78, 5) is 27.9. The predicted octanol–water partition coefficient (Wildman–Crippen LogP) is 2.25. The second-order valence-corrected chi connectivity index (χ2v) is 6.36. The summed E-state index contributed by atoms with van der Waals surface area (Å²) in [6.45, 7) is 6.10. The van der Waals surface area contributed by atoms with E-state index in [0.717, 1.165) is 10.7 Å². The van der Waals surface area contributed by atoms with Crippen molar-refractivity contribution in [2.45, 2.75) is 39.2 Å². The molecule has 0 saturated heterocycles. The van der Waals surface area contributed by atoms with E-state index in [4.69, 9.17) is 0 Å². The predicted molar refractivity (Wildman–Crippen MR) is 76.4 cm³/mol. The maximum absolute atomic E-state index is 12.0. The van der Waals surface area contributed by atoms with Crippen LogP contribution in [-0.4, -0.2) is 24.0 Å². The summed E-state index contributed by atoms with van der Waals surface area (Å²) in [6, 6.07) is -0.134. The number of ether oxygens (including phenoxy) is 1. The average Bonchev–Trinajstić information content (AvgIpc) is 3.05. The molecule has 0 radical (unpaired) electrons. The first-order valence-corrected chi connectivity index (χ1v) is 7.65. The molecule has 0 aliphatic heterocycles. The fraction of sp³-hybridized carbons (Fsp3) is 0.643. The lowest BCUT2D eigenvalue weighted by Crippen LogP contribution is -2.29. The fourth-order valence-electron chi connectivity index (χ4n) is 2.06. The highest BCUT2D eigenvalue weighted by atomic mass is 32.1. The van der Waals surface area contributed by atoms with Crippen LogP contribution in [0.3, 0.4) is 0 Å². The molecule has 5 nitrogen and oxygen atoms in total. The van der Waals surface area contributed by atoms with Crippen LogP contribution in [0, 0.1) is 11.8 Å². The van der Waals surface area contributed by atoms with Gasteiger partial charge in [-0.2, -0.15) is 0 Å². The Balaban J connectivity index is 1.90. The van der Waals surface area contributed by atoms with Crippen LogP contribution in [0.25, 0.3) is 0 Å². The molecule has 0 unspecified atom stereocenters. The topological polar surface area (TPSA) is 68.3 Å². The van der Waals surface area contributed by atoms with Crippen LogP contribution in [0.15, 0.2) is 5.38 Å². The van der Waals surface area contributed by atoms with E-state index < -0.39 is 0 Å². The first-order chi connectivity index (χ1) is 9.43. The summed E-state index contributed by atoms with van der Waals surface area (Å²) in [5.41, 5.74) is 0.877. The van der Waals surface area contributed by atoms with Gasteiger partial charge in [0, 0.05) is 11.3 Å². The molecule has 3 atom stereocenters. The van der Waals surface area contributed by atoms with Crippen LogP contribution in [0.1, 0.15) is 49.9 Å². The third kappa shape index (κ3) is 3.17. The van der Waals surface area contributed by atoms with Gasteiger partial charge < -0.3 is 10.1 Å². The van der Waals surface area contributed by atoms with E-state index in [1.807, 2.05) is 12.3 Å². The van der Waals surface area contributed by atoms with Gasteiger partial charge in [0.1, 0.15) is 0 Å². The number of amides is 1. The van der Waals surface area contributed by atoms with E-state index >= 15 is 0 Å². The highest BCUT2D eigenvalue weighted by molar-refractivity contribution is 7.09. The Morgan fingerprint density at radius 1 is 1.40 bits per heavy atom. The Hall–Kier alpha value is -1.43. The first-order valence-electron chi connectivity index (χ1n) is 6.77. The van der Waals surface area contributed by atoms with E-state index in [2.05, 4.69) is 28.9 Å². The summed E-state index contributed by atoms with van der Waals surface area (Å²) in [5, 5.41) is 5.96. The van der Waals surface area contributed by atoms with Crippen molar-refractivity contribution in [1.82, 2.24) is 10.3 Å². The Bertz CT molecular complexity index is 512. The van der Waals surface area contributed by atoms with Crippen molar-refractivity contribution < 1.29 is 14.3 Å². The lowest BCUT2D eigenvalue weighted by atomic mass is 10.2. The quantitative estimate of drug-likeness (QED) is 0.846. The van der Waals surface area contributed by atoms with E-state index in [0.29, 0.717) is 12.3 Å². The molecule has 1 fully saturated rings. The minimum atomic E-state index is -0.298. The number of aromatic nitrogens is 1. The molecule has 1 aliphatic carbocycles. The Morgan fingerprint density at radius 2 is 2.10 bits per heavy atom. The standard InChI is InChI=1S/C14H20N2O3S/c1-7(2)13-16-11(6-20-13)8(3)15-12(17)9-5-10(9)14(18)19-4/h6-10H,5H2,1-4H3,(H,15,17)/t8-,9-,10+/m0/s1. The maximum atomic E-state index is 12.0. The molecule has 1 aromatic rings. The molecule has 20 heavy (non-hydrogen) atoms. The summed E-state index contributed by atoms with van der Waals surface area (Å²) in [6.07, 6.45) is 0.583. The zero-order chi connectivity index (χ0) is 14.9. The van der Waals surface area contributed by atoms with Gasteiger partial charge in [-0.25, -0.2) is 4.98 Å². The Labute approximate surface area is 122 Å². The van der Waals surface area contributed by atoms with Crippen LogP contribution >= 0.6 is 11.3 Å². The molecule has 1 aliphatic rings. The highest BCUT2D eigenvalue weighted by Gasteiger charge is 2.49. The maximum Gasteiger partial charge on any atom is 0.309 e. The monoisotopic (exact) mass is 296 g/mol. The molecule has 1 aromatic heterocycles. The van der Waals surface area contributed by atoms with Crippen LogP contribution in [0.4, 0.5) is 0 Å². The SMILES string of the molecule is COC(=O)[C@@H]1C[C@@H]1C(=O)N[C@@H](C)c1csc(C(C)C)n1. The van der Waals surface area contributed by atoms with Gasteiger partial charge in [0.15, 0.2) is 0 Å². The van der Waals surface area contributed by atoms with Crippen molar-refractivity contribution in [3.63, 3.8) is 0 Å². The minimum Gasteiger partial charge on any atom is -0.469 e. The van der Waals surface area contributed by atoms with Crippen molar-refractivity contribution in [2.24, 2.45) is 11.8 Å². The molecule has 1 N–H and O–H groups in total. The molecule has 1 saturated carbocycles. The summed E-state index contributed by atoms with van der Waals surface area (Å²) >= 11 is 1.61. The zero-order valence-electron chi connectivity index (χ0n) is 12.2. The second-order valence-electron chi connectivity index (χ2n) is 5.47. The van der Waals surface area contributed by atoms with Crippen LogP contribution in [-0.2, 0) is 14.3 Å². The van der Waals surface area contributed by atoms with E-state index in [-0.39, 0.29) is 29.8 Å².